The maximum atomic E-state index is 11.3. The fourth-order valence-electron chi connectivity index (χ4n) is 12.4. The number of carboxylic acids is 1. The molecule has 0 aliphatic carbocycles. The molecule has 4 N–H and O–H groups in total. The number of aromatic carboxylic acids is 1. The largest absolute Gasteiger partial charge is 0.478 e. The van der Waals surface area contributed by atoms with Gasteiger partial charge in [0.25, 0.3) is 0 Å². The van der Waals surface area contributed by atoms with Crippen LogP contribution in [0, 0.1) is 118 Å². The summed E-state index contributed by atoms with van der Waals surface area (Å²) in [5, 5.41) is 19.0. The van der Waals surface area contributed by atoms with Gasteiger partial charge in [0.2, 0.25) is 35.7 Å². The van der Waals surface area contributed by atoms with E-state index < -0.39 is 5.97 Å². The maximum Gasteiger partial charge on any atom is 0.335 e. The third kappa shape index (κ3) is 15.1. The van der Waals surface area contributed by atoms with Crippen LogP contribution in [0.1, 0.15) is 106 Å². The summed E-state index contributed by atoms with van der Waals surface area (Å²) in [4.78, 5) is 65.2. The molecule has 6 aromatic carbocycles. The first-order valence-electron chi connectivity index (χ1n) is 30.7. The highest BCUT2D eigenvalue weighted by Gasteiger charge is 2.26. The lowest BCUT2D eigenvalue weighted by Crippen LogP contribution is -2.21. The number of aromatic nitrogens is 9. The van der Waals surface area contributed by atoms with E-state index in [1.54, 1.807) is 24.3 Å². The van der Waals surface area contributed by atoms with Gasteiger partial charge in [-0.2, -0.15) is 44.9 Å². The lowest BCUT2D eigenvalue weighted by Gasteiger charge is -2.29. The summed E-state index contributed by atoms with van der Waals surface area (Å²) in [7, 11) is 18.5. The average Bonchev–Trinajstić information content (AvgIpc) is 0.799. The fourth-order valence-corrected chi connectivity index (χ4v) is 12.4. The fraction of sp³-hybridized carbons (Fsp3) is 0.361. The standard InChI is InChI=1S/C25H34N6.C24H30N6O2.C23H30N6/c1-14-12-11-13-15(2)21(14)28-24-26-20(7)27-25(29-24)31(10)23-18(5)16(3)17(4)22(19(23)6)30(8)9;1-13-14(2)20(29(6)7)16(4)21(15(13)3)30(8)24-26-17(5)25-23(28-24)27-19-11-9-10-18(12-19)22(31)32;1-14-15(2)20(28(6)7)17(4)21(16(14)3)29(8)23-25-18(5)24-22(27-23)26-19-12-10-9-11-13-19/h11-13H,1-10H3,(H,26,27,28,29);9-12H,1-8H3,(H,31,32)(H,25,26,27,28);9-13H,1-8H3,(H,24,25,26,27). The monoisotopic (exact) mass is 1240 g/mol. The molecule has 0 spiro atoms. The molecule has 0 amide bonds. The van der Waals surface area contributed by atoms with E-state index in [9.17, 15) is 9.90 Å². The van der Waals surface area contributed by atoms with Crippen molar-refractivity contribution in [3.63, 3.8) is 0 Å². The highest BCUT2D eigenvalue weighted by molar-refractivity contribution is 5.89. The third-order valence-corrected chi connectivity index (χ3v) is 17.2. The molecule has 3 heterocycles. The number of benzene rings is 6. The van der Waals surface area contributed by atoms with Gasteiger partial charge in [0.1, 0.15) is 17.5 Å². The third-order valence-electron chi connectivity index (χ3n) is 17.2. The Morgan fingerprint density at radius 3 is 0.967 bits per heavy atom. The van der Waals surface area contributed by atoms with Crippen LogP contribution in [-0.4, -0.2) is 119 Å². The van der Waals surface area contributed by atoms with E-state index in [1.165, 1.54) is 78.3 Å². The molecule has 9 aromatic rings. The van der Waals surface area contributed by atoms with Gasteiger partial charge in [-0.05, 0) is 226 Å². The van der Waals surface area contributed by atoms with E-state index in [0.29, 0.717) is 58.9 Å². The van der Waals surface area contributed by atoms with Crippen molar-refractivity contribution in [2.45, 2.75) is 118 Å². The number of carboxylic acid groups (broad SMARTS) is 1. The summed E-state index contributed by atoms with van der Waals surface area (Å²) in [5.41, 5.74) is 27.0. The van der Waals surface area contributed by atoms with Crippen LogP contribution in [-0.2, 0) is 0 Å². The molecule has 0 atom stereocenters. The number of nitrogens with zero attached hydrogens (tertiary/aromatic N) is 15. The Kier molecular flexibility index (Phi) is 21.8. The highest BCUT2D eigenvalue weighted by atomic mass is 16.4. The maximum absolute atomic E-state index is 11.3. The minimum atomic E-state index is -0.988. The molecule has 20 nitrogen and oxygen atoms in total. The van der Waals surface area contributed by atoms with Crippen LogP contribution in [0.25, 0.3) is 0 Å². The normalized spacial score (nSPS) is 10.8. The molecule has 0 aliphatic rings. The number of rotatable bonds is 16. The Balaban J connectivity index is 0.000000196. The Morgan fingerprint density at radius 2 is 0.630 bits per heavy atom. The SMILES string of the molecule is Cc1nc(Nc2c(C)cccc2C)nc(N(C)c2c(C)c(C)c(C)c(N(C)C)c2C)n1.Cc1nc(Nc2cccc(C(=O)O)c2)nc(N(C)c2c(C)c(C)c(C)c(N(C)C)c2C)n1.Cc1nc(Nc2ccccc2)nc(N(C)c2c(C)c(C)c(C)c(N(C)C)c2C)n1. The smallest absolute Gasteiger partial charge is 0.335 e. The Labute approximate surface area is 545 Å². The Hall–Kier alpha value is -9.98. The van der Waals surface area contributed by atoms with Crippen LogP contribution >= 0.6 is 0 Å². The molecule has 484 valence electrons. The van der Waals surface area contributed by atoms with Gasteiger partial charge >= 0.3 is 5.97 Å². The van der Waals surface area contributed by atoms with Crippen molar-refractivity contribution in [3.8, 4) is 0 Å². The van der Waals surface area contributed by atoms with Crippen molar-refractivity contribution in [2.24, 2.45) is 0 Å². The van der Waals surface area contributed by atoms with Gasteiger partial charge < -0.3 is 50.5 Å². The average molecular weight is 1240 g/mol. The molecule has 0 saturated carbocycles. The van der Waals surface area contributed by atoms with E-state index in [1.807, 2.05) is 91.2 Å². The molecule has 0 bridgehead atoms. The van der Waals surface area contributed by atoms with Crippen LogP contribution in [0.4, 0.5) is 86.9 Å². The molecular weight excluding hydrogens is 1150 g/mol. The van der Waals surface area contributed by atoms with Gasteiger partial charge in [-0.1, -0.05) is 42.5 Å². The van der Waals surface area contributed by atoms with Crippen LogP contribution in [0.5, 0.6) is 0 Å². The first kappa shape index (κ1) is 69.5. The van der Waals surface area contributed by atoms with E-state index in [0.717, 1.165) is 45.1 Å². The Morgan fingerprint density at radius 1 is 0.326 bits per heavy atom. The molecule has 3 aromatic heterocycles. The molecule has 92 heavy (non-hydrogen) atoms. The summed E-state index contributed by atoms with van der Waals surface area (Å²) in [5.74, 6) is 4.13. The lowest BCUT2D eigenvalue weighted by atomic mass is 9.94. The number of hydrogen-bond acceptors (Lipinski definition) is 19. The van der Waals surface area contributed by atoms with Crippen LogP contribution in [0.2, 0.25) is 0 Å². The van der Waals surface area contributed by atoms with E-state index in [2.05, 4.69) is 219 Å². The second-order valence-electron chi connectivity index (χ2n) is 24.4. The summed E-state index contributed by atoms with van der Waals surface area (Å²) < 4.78 is 0. The van der Waals surface area contributed by atoms with Crippen molar-refractivity contribution in [3.05, 3.63) is 174 Å². The van der Waals surface area contributed by atoms with E-state index in [-0.39, 0.29) is 5.56 Å². The van der Waals surface area contributed by atoms with Crippen molar-refractivity contribution in [1.29, 1.82) is 0 Å². The second-order valence-corrected chi connectivity index (χ2v) is 24.4. The number of nitrogens with one attached hydrogen (secondary N) is 3. The zero-order chi connectivity index (χ0) is 68.1. The molecule has 0 radical (unpaired) electrons. The summed E-state index contributed by atoms with van der Waals surface area (Å²) in [6, 6.07) is 22.7. The van der Waals surface area contributed by atoms with E-state index in [4.69, 9.17) is 9.97 Å². The van der Waals surface area contributed by atoms with Gasteiger partial charge in [0, 0.05) is 97.6 Å². The minimum absolute atomic E-state index is 0.190. The topological polar surface area (TPSA) is 209 Å². The molecule has 0 saturated heterocycles. The first-order valence-corrected chi connectivity index (χ1v) is 30.7. The zero-order valence-corrected chi connectivity index (χ0v) is 59.0. The number of anilines is 15. The summed E-state index contributed by atoms with van der Waals surface area (Å²) in [6.07, 6.45) is 0. The molecule has 0 fully saturated rings. The first-order chi connectivity index (χ1) is 43.2. The molecule has 0 aliphatic heterocycles. The zero-order valence-electron chi connectivity index (χ0n) is 59.0. The molecule has 0 unspecified atom stereocenters. The molecular formula is C72H94N18O2. The van der Waals surface area contributed by atoms with Gasteiger partial charge in [-0.25, -0.2) is 4.79 Å². The van der Waals surface area contributed by atoms with Crippen LogP contribution in [0.15, 0.2) is 72.8 Å². The summed E-state index contributed by atoms with van der Waals surface area (Å²) in [6.45, 7) is 35.7. The van der Waals surface area contributed by atoms with Crippen LogP contribution < -0.4 is 45.3 Å². The van der Waals surface area contributed by atoms with Crippen molar-refractivity contribution in [1.82, 2.24) is 44.9 Å². The Bertz CT molecular complexity index is 4180. The van der Waals surface area contributed by atoms with Gasteiger partial charge in [0.05, 0.1) is 22.6 Å². The van der Waals surface area contributed by atoms with Crippen molar-refractivity contribution < 1.29 is 9.90 Å². The number of carbonyl (C=O) groups is 1. The predicted molar refractivity (Wildman–Crippen MR) is 383 cm³/mol. The van der Waals surface area contributed by atoms with Gasteiger partial charge in [0.15, 0.2) is 0 Å². The lowest BCUT2D eigenvalue weighted by molar-refractivity contribution is 0.0696. The number of hydrogen-bond donors (Lipinski definition) is 4. The molecule has 20 heteroatoms. The van der Waals surface area contributed by atoms with Crippen LogP contribution in [0.3, 0.4) is 0 Å². The number of aryl methyl sites for hydroxylation is 5. The van der Waals surface area contributed by atoms with Gasteiger partial charge in [-0.15, -0.1) is 0 Å². The van der Waals surface area contributed by atoms with Crippen molar-refractivity contribution in [2.75, 3.05) is 109 Å². The van der Waals surface area contributed by atoms with Gasteiger partial charge in [-0.3, -0.25) is 0 Å². The summed E-state index contributed by atoms with van der Waals surface area (Å²) >= 11 is 0. The minimum Gasteiger partial charge on any atom is -0.478 e. The quantitative estimate of drug-likeness (QED) is 0.0709. The van der Waals surface area contributed by atoms with Crippen molar-refractivity contribution >= 4 is 92.8 Å². The van der Waals surface area contributed by atoms with E-state index >= 15 is 0 Å². The number of para-hydroxylation sites is 2. The highest BCUT2D eigenvalue weighted by Crippen LogP contribution is 2.43. The predicted octanol–water partition coefficient (Wildman–Crippen LogP) is 15.3. The molecule has 9 rings (SSSR count). The second kappa shape index (κ2) is 28.9.